The Labute approximate surface area is 194 Å². The minimum atomic E-state index is 0.253. The number of amides is 1. The van der Waals surface area contributed by atoms with Crippen LogP contribution in [0.1, 0.15) is 18.4 Å². The number of nitrogens with zero attached hydrogens (tertiary/aromatic N) is 4. The van der Waals surface area contributed by atoms with Gasteiger partial charge in [0.1, 0.15) is 0 Å². The molecule has 0 N–H and O–H groups in total. The van der Waals surface area contributed by atoms with Crippen LogP contribution in [0.25, 0.3) is 22.0 Å². The standard InChI is InChI=1S/C28H28N4O/c33-28(15-6-10-22-8-2-1-3-9-22)32-20-18-31(19-21-32)27-17-16-26(29-30-27)25-14-7-12-23-11-4-5-13-24(23)25/h1-5,7-9,11-14,16-17H,6,10,15,18-21H2. The summed E-state index contributed by atoms with van der Waals surface area (Å²) in [6.45, 7) is 3.04. The predicted molar refractivity (Wildman–Crippen MR) is 133 cm³/mol. The molecular weight excluding hydrogens is 408 g/mol. The molecule has 0 saturated carbocycles. The quantitative estimate of drug-likeness (QED) is 0.428. The van der Waals surface area contributed by atoms with Crippen LogP contribution in [0.3, 0.4) is 0 Å². The number of carbonyl (C=O) groups is 1. The molecule has 0 spiro atoms. The molecule has 5 heteroatoms. The minimum Gasteiger partial charge on any atom is -0.352 e. The van der Waals surface area contributed by atoms with Gasteiger partial charge in [0.2, 0.25) is 5.91 Å². The molecule has 1 saturated heterocycles. The maximum Gasteiger partial charge on any atom is 0.222 e. The van der Waals surface area contributed by atoms with Crippen LogP contribution >= 0.6 is 0 Å². The van der Waals surface area contributed by atoms with Crippen molar-refractivity contribution in [2.45, 2.75) is 19.3 Å². The zero-order chi connectivity index (χ0) is 22.5. The van der Waals surface area contributed by atoms with E-state index < -0.39 is 0 Å². The van der Waals surface area contributed by atoms with Crippen molar-refractivity contribution in [3.63, 3.8) is 0 Å². The Hall–Kier alpha value is -3.73. The Morgan fingerprint density at radius 1 is 0.758 bits per heavy atom. The van der Waals surface area contributed by atoms with E-state index in [1.807, 2.05) is 35.2 Å². The number of carbonyl (C=O) groups excluding carboxylic acids is 1. The number of piperazine rings is 1. The van der Waals surface area contributed by atoms with E-state index in [9.17, 15) is 4.79 Å². The third-order valence-corrected chi connectivity index (χ3v) is 6.37. The highest BCUT2D eigenvalue weighted by molar-refractivity contribution is 5.95. The second-order valence-corrected chi connectivity index (χ2v) is 8.51. The fourth-order valence-corrected chi connectivity index (χ4v) is 4.52. The predicted octanol–water partition coefficient (Wildman–Crippen LogP) is 4.97. The van der Waals surface area contributed by atoms with Crippen molar-refractivity contribution >= 4 is 22.5 Å². The van der Waals surface area contributed by atoms with Crippen LogP contribution in [0.4, 0.5) is 5.82 Å². The Bertz CT molecular complexity index is 1210. The van der Waals surface area contributed by atoms with E-state index in [1.165, 1.54) is 16.3 Å². The SMILES string of the molecule is O=C(CCCc1ccccc1)N1CCN(c2ccc(-c3cccc4ccccc34)nn2)CC1. The van der Waals surface area contributed by atoms with Crippen LogP contribution in [0.2, 0.25) is 0 Å². The highest BCUT2D eigenvalue weighted by atomic mass is 16.2. The van der Waals surface area contributed by atoms with Crippen molar-refractivity contribution in [3.05, 3.63) is 90.5 Å². The van der Waals surface area contributed by atoms with Gasteiger partial charge in [0.25, 0.3) is 0 Å². The van der Waals surface area contributed by atoms with Crippen LogP contribution in [-0.2, 0) is 11.2 Å². The van der Waals surface area contributed by atoms with Gasteiger partial charge in [-0.1, -0.05) is 72.8 Å². The summed E-state index contributed by atoms with van der Waals surface area (Å²) in [5.41, 5.74) is 3.27. The van der Waals surface area contributed by atoms with E-state index in [0.717, 1.165) is 56.1 Å². The molecule has 2 heterocycles. The first-order valence-electron chi connectivity index (χ1n) is 11.7. The molecule has 0 atom stereocenters. The molecule has 1 aromatic heterocycles. The molecule has 0 radical (unpaired) electrons. The Morgan fingerprint density at radius 3 is 2.30 bits per heavy atom. The van der Waals surface area contributed by atoms with Crippen LogP contribution < -0.4 is 4.90 Å². The second-order valence-electron chi connectivity index (χ2n) is 8.51. The van der Waals surface area contributed by atoms with Crippen LogP contribution in [0.5, 0.6) is 0 Å². The van der Waals surface area contributed by atoms with Crippen molar-refractivity contribution in [1.29, 1.82) is 0 Å². The van der Waals surface area contributed by atoms with Gasteiger partial charge in [-0.3, -0.25) is 4.79 Å². The number of anilines is 1. The molecule has 4 aromatic rings. The highest BCUT2D eigenvalue weighted by Crippen LogP contribution is 2.27. The van der Waals surface area contributed by atoms with Crippen molar-refractivity contribution in [2.75, 3.05) is 31.1 Å². The fraction of sp³-hybridized carbons (Fsp3) is 0.250. The topological polar surface area (TPSA) is 49.3 Å². The van der Waals surface area contributed by atoms with Crippen LogP contribution in [0, 0.1) is 0 Å². The number of aryl methyl sites for hydroxylation is 1. The highest BCUT2D eigenvalue weighted by Gasteiger charge is 2.22. The van der Waals surface area contributed by atoms with Crippen LogP contribution in [0.15, 0.2) is 84.9 Å². The lowest BCUT2D eigenvalue weighted by Crippen LogP contribution is -2.49. The third-order valence-electron chi connectivity index (χ3n) is 6.37. The number of aromatic nitrogens is 2. The number of benzene rings is 3. The first-order chi connectivity index (χ1) is 16.3. The zero-order valence-electron chi connectivity index (χ0n) is 18.7. The van der Waals surface area contributed by atoms with E-state index in [4.69, 9.17) is 0 Å². The summed E-state index contributed by atoms with van der Waals surface area (Å²) in [6.07, 6.45) is 2.45. The van der Waals surface area contributed by atoms with Gasteiger partial charge in [-0.25, -0.2) is 0 Å². The van der Waals surface area contributed by atoms with Gasteiger partial charge in [-0.15, -0.1) is 10.2 Å². The molecule has 0 unspecified atom stereocenters. The monoisotopic (exact) mass is 436 g/mol. The van der Waals surface area contributed by atoms with Gasteiger partial charge in [0, 0.05) is 38.2 Å². The second kappa shape index (κ2) is 9.82. The molecule has 5 nitrogen and oxygen atoms in total. The lowest BCUT2D eigenvalue weighted by atomic mass is 10.0. The van der Waals surface area contributed by atoms with Gasteiger partial charge in [0.05, 0.1) is 5.69 Å². The maximum atomic E-state index is 12.6. The molecule has 0 aliphatic carbocycles. The fourth-order valence-electron chi connectivity index (χ4n) is 4.52. The van der Waals surface area contributed by atoms with Crippen molar-refractivity contribution in [3.8, 4) is 11.3 Å². The summed E-state index contributed by atoms with van der Waals surface area (Å²) < 4.78 is 0. The smallest absolute Gasteiger partial charge is 0.222 e. The number of hydrogen-bond donors (Lipinski definition) is 0. The molecule has 166 valence electrons. The molecule has 33 heavy (non-hydrogen) atoms. The molecule has 3 aromatic carbocycles. The van der Waals surface area contributed by atoms with Gasteiger partial charge in [0.15, 0.2) is 5.82 Å². The summed E-state index contributed by atoms with van der Waals surface area (Å²) in [5.74, 6) is 1.12. The average molecular weight is 437 g/mol. The molecule has 5 rings (SSSR count). The van der Waals surface area contributed by atoms with Crippen molar-refractivity contribution in [2.24, 2.45) is 0 Å². The minimum absolute atomic E-state index is 0.253. The third kappa shape index (κ3) is 4.87. The summed E-state index contributed by atoms with van der Waals surface area (Å²) in [5, 5.41) is 11.4. The Morgan fingerprint density at radius 2 is 1.52 bits per heavy atom. The number of hydrogen-bond acceptors (Lipinski definition) is 4. The number of rotatable bonds is 6. The lowest BCUT2D eigenvalue weighted by Gasteiger charge is -2.35. The Balaban J connectivity index is 1.16. The maximum absolute atomic E-state index is 12.6. The van der Waals surface area contributed by atoms with Gasteiger partial charge in [-0.05, 0) is 41.3 Å². The first-order valence-corrected chi connectivity index (χ1v) is 11.7. The molecule has 1 fully saturated rings. The van der Waals surface area contributed by atoms with Gasteiger partial charge < -0.3 is 9.80 Å². The largest absolute Gasteiger partial charge is 0.352 e. The normalized spacial score (nSPS) is 13.9. The Kier molecular flexibility index (Phi) is 6.29. The molecule has 1 aliphatic rings. The zero-order valence-corrected chi connectivity index (χ0v) is 18.7. The van der Waals surface area contributed by atoms with E-state index in [0.29, 0.717) is 6.42 Å². The van der Waals surface area contributed by atoms with E-state index in [2.05, 4.69) is 69.7 Å². The molecule has 1 amide bonds. The molecule has 1 aliphatic heterocycles. The summed E-state index contributed by atoms with van der Waals surface area (Å²) in [4.78, 5) is 16.8. The average Bonchev–Trinajstić information content (AvgIpc) is 2.89. The van der Waals surface area contributed by atoms with E-state index >= 15 is 0 Å². The number of fused-ring (bicyclic) bond motifs is 1. The first kappa shape index (κ1) is 21.1. The van der Waals surface area contributed by atoms with E-state index in [-0.39, 0.29) is 5.91 Å². The molecule has 0 bridgehead atoms. The van der Waals surface area contributed by atoms with Crippen LogP contribution in [-0.4, -0.2) is 47.2 Å². The summed E-state index contributed by atoms with van der Waals surface area (Å²) in [6, 6.07) is 29.1. The van der Waals surface area contributed by atoms with Crippen molar-refractivity contribution in [1.82, 2.24) is 15.1 Å². The lowest BCUT2D eigenvalue weighted by molar-refractivity contribution is -0.131. The van der Waals surface area contributed by atoms with E-state index in [1.54, 1.807) is 0 Å². The van der Waals surface area contributed by atoms with Crippen molar-refractivity contribution < 1.29 is 4.79 Å². The summed E-state index contributed by atoms with van der Waals surface area (Å²) >= 11 is 0. The summed E-state index contributed by atoms with van der Waals surface area (Å²) in [7, 11) is 0. The van der Waals surface area contributed by atoms with Gasteiger partial charge >= 0.3 is 0 Å². The van der Waals surface area contributed by atoms with Gasteiger partial charge in [-0.2, -0.15) is 0 Å². The molecular formula is C28H28N4O.